The molecule has 0 aromatic carbocycles. The first-order valence-corrected chi connectivity index (χ1v) is 7.33. The van der Waals surface area contributed by atoms with Crippen LogP contribution in [0.1, 0.15) is 17.2 Å². The van der Waals surface area contributed by atoms with Gasteiger partial charge in [0.1, 0.15) is 5.37 Å². The van der Waals surface area contributed by atoms with Gasteiger partial charge in [0.15, 0.2) is 0 Å². The highest BCUT2D eigenvalue weighted by Crippen LogP contribution is 2.43. The van der Waals surface area contributed by atoms with Gasteiger partial charge in [0.25, 0.3) is 0 Å². The van der Waals surface area contributed by atoms with E-state index in [1.807, 2.05) is 18.9 Å². The normalized spacial score (nSPS) is 25.4. The third-order valence-electron chi connectivity index (χ3n) is 2.69. The van der Waals surface area contributed by atoms with E-state index in [0.717, 1.165) is 13.1 Å². The summed E-state index contributed by atoms with van der Waals surface area (Å²) in [7, 11) is 2.04. The topological polar surface area (TPSA) is 36.9 Å². The molecule has 2 rings (SSSR count). The van der Waals surface area contributed by atoms with E-state index in [9.17, 15) is 4.79 Å². The van der Waals surface area contributed by atoms with Crippen LogP contribution < -0.4 is 5.32 Å². The molecule has 1 fully saturated rings. The first kappa shape index (κ1) is 12.0. The van der Waals surface area contributed by atoms with Crippen LogP contribution in [0, 0.1) is 0 Å². The number of likely N-dealkylation sites (N-methyl/N-ethyl adjacent to an activating group) is 1. The molecule has 5 heteroatoms. The lowest BCUT2D eigenvalue weighted by Crippen LogP contribution is -2.81. The fourth-order valence-electron chi connectivity index (χ4n) is 1.82. The van der Waals surface area contributed by atoms with E-state index in [0.29, 0.717) is 0 Å². The van der Waals surface area contributed by atoms with Crippen molar-refractivity contribution in [3.8, 4) is 0 Å². The highest BCUT2D eigenvalue weighted by molar-refractivity contribution is 8.01. The summed E-state index contributed by atoms with van der Waals surface area (Å²) in [6, 6.07) is 4.18. The van der Waals surface area contributed by atoms with Crippen molar-refractivity contribution in [2.45, 2.75) is 17.5 Å². The number of thiophene rings is 1. The van der Waals surface area contributed by atoms with Crippen LogP contribution in [-0.4, -0.2) is 36.2 Å². The monoisotopic (exact) mass is 257 g/mol. The molecule has 1 amide bonds. The summed E-state index contributed by atoms with van der Waals surface area (Å²) in [4.78, 5) is 15.3. The highest BCUT2D eigenvalue weighted by Gasteiger charge is 2.38. The Balaban J connectivity index is 2.13. The average molecular weight is 257 g/mol. The largest absolute Gasteiger partial charge is 0.347 e. The maximum absolute atomic E-state index is 12.0. The van der Waals surface area contributed by atoms with Crippen molar-refractivity contribution in [1.29, 1.82) is 0 Å². The molecule has 2 atom stereocenters. The minimum Gasteiger partial charge on any atom is -0.347 e. The van der Waals surface area contributed by atoms with Gasteiger partial charge in [-0.3, -0.25) is 4.79 Å². The van der Waals surface area contributed by atoms with Gasteiger partial charge in [-0.05, 0) is 18.4 Å². The van der Waals surface area contributed by atoms with Gasteiger partial charge in [-0.1, -0.05) is 6.07 Å². The third-order valence-corrected chi connectivity index (χ3v) is 5.14. The quantitative estimate of drug-likeness (QED) is 0.870. The molecular weight excluding hydrogens is 240 g/mol. The van der Waals surface area contributed by atoms with Crippen LogP contribution in [0.5, 0.6) is 0 Å². The summed E-state index contributed by atoms with van der Waals surface area (Å²) in [5, 5.41) is 4.53. The van der Waals surface area contributed by atoms with Crippen molar-refractivity contribution >= 4 is 29.0 Å². The van der Waals surface area contributed by atoms with Crippen molar-refractivity contribution in [2.24, 2.45) is 0 Å². The van der Waals surface area contributed by atoms with Crippen molar-refractivity contribution in [3.63, 3.8) is 0 Å². The third kappa shape index (κ3) is 2.26. The molecule has 1 aliphatic rings. The number of rotatable bonds is 4. The lowest BCUT2D eigenvalue weighted by atomic mass is 10.3. The summed E-state index contributed by atoms with van der Waals surface area (Å²) in [6.45, 7) is 3.82. The van der Waals surface area contributed by atoms with Crippen LogP contribution in [0.2, 0.25) is 0 Å². The van der Waals surface area contributed by atoms with Gasteiger partial charge in [0, 0.05) is 4.88 Å². The van der Waals surface area contributed by atoms with E-state index in [1.165, 1.54) is 4.88 Å². The number of nitrogens with two attached hydrogens (primary N) is 1. The number of nitrogens with zero attached hydrogens (tertiary/aromatic N) is 1. The molecule has 0 unspecified atom stereocenters. The second kappa shape index (κ2) is 5.21. The zero-order chi connectivity index (χ0) is 11.5. The summed E-state index contributed by atoms with van der Waals surface area (Å²) in [5.41, 5.74) is 0. The van der Waals surface area contributed by atoms with Gasteiger partial charge >= 0.3 is 0 Å². The Hall–Kier alpha value is -0.520. The number of hydrogen-bond donors (Lipinski definition) is 1. The van der Waals surface area contributed by atoms with Crippen LogP contribution in [0.15, 0.2) is 17.5 Å². The van der Waals surface area contributed by atoms with Gasteiger partial charge in [0.2, 0.25) is 5.91 Å². The van der Waals surface area contributed by atoms with Gasteiger partial charge in [-0.2, -0.15) is 0 Å². The number of thioether (sulfide) groups is 1. The lowest BCUT2D eigenvalue weighted by Gasteiger charge is -2.21. The number of carbonyl (C=O) groups is 1. The fraction of sp³-hybridized carbons (Fsp3) is 0.545. The molecule has 1 saturated heterocycles. The van der Waals surface area contributed by atoms with E-state index in [1.54, 1.807) is 23.1 Å². The molecule has 1 aliphatic heterocycles. The summed E-state index contributed by atoms with van der Waals surface area (Å²) in [5.74, 6) is 0.283. The summed E-state index contributed by atoms with van der Waals surface area (Å²) >= 11 is 3.50. The molecule has 1 aromatic heterocycles. The van der Waals surface area contributed by atoms with Crippen molar-refractivity contribution in [3.05, 3.63) is 22.4 Å². The predicted molar refractivity (Wildman–Crippen MR) is 68.5 cm³/mol. The summed E-state index contributed by atoms with van der Waals surface area (Å²) < 4.78 is 0. The average Bonchev–Trinajstić information content (AvgIpc) is 2.87. The number of quaternary nitrogens is 1. The van der Waals surface area contributed by atoms with E-state index in [4.69, 9.17) is 0 Å². The van der Waals surface area contributed by atoms with E-state index in [2.05, 4.69) is 22.8 Å². The Labute approximate surface area is 104 Å². The maximum atomic E-state index is 12.0. The lowest BCUT2D eigenvalue weighted by molar-refractivity contribution is -0.626. The first-order valence-electron chi connectivity index (χ1n) is 5.51. The van der Waals surface area contributed by atoms with Crippen LogP contribution in [0.4, 0.5) is 0 Å². The molecule has 2 heterocycles. The van der Waals surface area contributed by atoms with Gasteiger partial charge < -0.3 is 10.2 Å². The molecule has 0 aliphatic carbocycles. The second-order valence-electron chi connectivity index (χ2n) is 3.87. The van der Waals surface area contributed by atoms with Crippen LogP contribution in [-0.2, 0) is 4.79 Å². The minimum absolute atomic E-state index is 0.101. The Morgan fingerprint density at radius 2 is 2.38 bits per heavy atom. The zero-order valence-corrected chi connectivity index (χ0v) is 11.2. The van der Waals surface area contributed by atoms with Crippen LogP contribution in [0.3, 0.4) is 0 Å². The van der Waals surface area contributed by atoms with Crippen molar-refractivity contribution in [1.82, 2.24) is 4.90 Å². The SMILES string of the molecule is C[NH2+]CCN1C(=O)[C@H](C)S[C@H]1c1cccs1. The molecule has 0 radical (unpaired) electrons. The zero-order valence-electron chi connectivity index (χ0n) is 9.55. The number of amides is 1. The predicted octanol–water partition coefficient (Wildman–Crippen LogP) is 0.904. The molecule has 88 valence electrons. The fourth-order valence-corrected chi connectivity index (χ4v) is 4.08. The molecule has 2 N–H and O–H groups in total. The van der Waals surface area contributed by atoms with Crippen molar-refractivity contribution < 1.29 is 10.1 Å². The summed E-state index contributed by atoms with van der Waals surface area (Å²) in [6.07, 6.45) is 0. The smallest absolute Gasteiger partial charge is 0.236 e. The standard InChI is InChI=1S/C11H16N2OS2/c1-8-10(14)13(6-5-12-2)11(16-8)9-4-3-7-15-9/h3-4,7-8,11-12H,5-6H2,1-2H3/p+1/t8-,11-/m0/s1. The number of hydrogen-bond acceptors (Lipinski definition) is 3. The minimum atomic E-state index is 0.101. The van der Waals surface area contributed by atoms with Gasteiger partial charge in [-0.25, -0.2) is 0 Å². The molecular formula is C11H17N2OS2+. The van der Waals surface area contributed by atoms with E-state index >= 15 is 0 Å². The molecule has 0 saturated carbocycles. The maximum Gasteiger partial charge on any atom is 0.236 e. The van der Waals surface area contributed by atoms with E-state index < -0.39 is 0 Å². The van der Waals surface area contributed by atoms with E-state index in [-0.39, 0.29) is 16.5 Å². The molecule has 3 nitrogen and oxygen atoms in total. The van der Waals surface area contributed by atoms with Crippen LogP contribution >= 0.6 is 23.1 Å². The second-order valence-corrected chi connectivity index (χ2v) is 6.28. The first-order chi connectivity index (χ1) is 7.74. The van der Waals surface area contributed by atoms with Crippen LogP contribution in [0.25, 0.3) is 0 Å². The molecule has 1 aromatic rings. The molecule has 0 spiro atoms. The Kier molecular flexibility index (Phi) is 3.89. The Morgan fingerprint density at radius 1 is 1.56 bits per heavy atom. The van der Waals surface area contributed by atoms with Gasteiger partial charge in [0.05, 0.1) is 25.4 Å². The Morgan fingerprint density at radius 3 is 3.00 bits per heavy atom. The number of carbonyl (C=O) groups excluding carboxylic acids is 1. The van der Waals surface area contributed by atoms with Crippen molar-refractivity contribution in [2.75, 3.05) is 20.1 Å². The molecule has 0 bridgehead atoms. The van der Waals surface area contributed by atoms with Gasteiger partial charge in [-0.15, -0.1) is 23.1 Å². The molecule has 16 heavy (non-hydrogen) atoms. The highest BCUT2D eigenvalue weighted by atomic mass is 32.2. The Bertz CT molecular complexity index is 353.